The summed E-state index contributed by atoms with van der Waals surface area (Å²) >= 11 is 0. The molecule has 3 aliphatic rings. The van der Waals surface area contributed by atoms with E-state index in [0.29, 0.717) is 38.6 Å². The van der Waals surface area contributed by atoms with Crippen LogP contribution < -0.4 is 10.1 Å². The standard InChI is InChI=1S/C52H66F3N7O11/c1-36-37(10-7-11-42(36)38-8-3-2-4-9-38)13-14-40-29-45(41(28-43(40)52(53,54)55)30-62-18-6-5-12-44(62)51(71)72)73-27-17-56-50(70)39-15-19-61(20-16-39)46(63)31-57-21-22-58(32-47(64)65)24-26-60(34-49(68)69)35-59(25-23-57)33-48(66)67/h2-4,7-11,13-14,28-29,39,44H,5-6,12,15-27,30-35H2,1H3,(H,56,70)(H,64,65)(H,66,67)(H,68,69)(H,71,72)/b14-13+/t44-/m0/s1. The first kappa shape index (κ1) is 55.9. The summed E-state index contributed by atoms with van der Waals surface area (Å²) in [6.07, 6.45) is 0.708. The maximum absolute atomic E-state index is 14.9. The predicted octanol–water partition coefficient (Wildman–Crippen LogP) is 4.46. The molecule has 18 nitrogen and oxygen atoms in total. The van der Waals surface area contributed by atoms with Gasteiger partial charge in [0.2, 0.25) is 11.8 Å². The molecule has 6 rings (SSSR count). The summed E-state index contributed by atoms with van der Waals surface area (Å²) in [4.78, 5) is 84.2. The van der Waals surface area contributed by atoms with Crippen molar-refractivity contribution in [1.82, 2.24) is 34.7 Å². The number of nitrogens with zero attached hydrogens (tertiary/aromatic N) is 6. The van der Waals surface area contributed by atoms with E-state index >= 15 is 0 Å². The van der Waals surface area contributed by atoms with Crippen LogP contribution >= 0.6 is 0 Å². The van der Waals surface area contributed by atoms with Crippen LogP contribution in [0.4, 0.5) is 13.2 Å². The lowest BCUT2D eigenvalue weighted by molar-refractivity contribution is -0.145. The molecule has 0 aromatic heterocycles. The molecule has 0 spiro atoms. The van der Waals surface area contributed by atoms with Gasteiger partial charge in [-0.15, -0.1) is 0 Å². The molecule has 3 aromatic carbocycles. The molecule has 3 saturated heterocycles. The van der Waals surface area contributed by atoms with Crippen LogP contribution in [0.25, 0.3) is 23.3 Å². The molecule has 396 valence electrons. The van der Waals surface area contributed by atoms with Gasteiger partial charge >= 0.3 is 30.1 Å². The molecule has 3 heterocycles. The molecule has 73 heavy (non-hydrogen) atoms. The average Bonchev–Trinajstić information content (AvgIpc) is 3.37. The van der Waals surface area contributed by atoms with Crippen LogP contribution in [0.15, 0.2) is 60.7 Å². The number of hydrogen-bond donors (Lipinski definition) is 5. The van der Waals surface area contributed by atoms with E-state index in [2.05, 4.69) is 5.32 Å². The number of hydrogen-bond acceptors (Lipinski definition) is 12. The molecule has 3 fully saturated rings. The minimum atomic E-state index is -4.76. The van der Waals surface area contributed by atoms with Crippen LogP contribution in [0.2, 0.25) is 0 Å². The van der Waals surface area contributed by atoms with E-state index in [1.54, 1.807) is 30.6 Å². The quantitative estimate of drug-likeness (QED) is 0.0826. The summed E-state index contributed by atoms with van der Waals surface area (Å²) in [5.41, 5.74) is 2.62. The third-order valence-electron chi connectivity index (χ3n) is 13.6. The lowest BCUT2D eigenvalue weighted by Gasteiger charge is -2.34. The Balaban J connectivity index is 1.09. The highest BCUT2D eigenvalue weighted by molar-refractivity contribution is 5.81. The first-order valence-corrected chi connectivity index (χ1v) is 24.6. The summed E-state index contributed by atoms with van der Waals surface area (Å²) < 4.78 is 50.8. The van der Waals surface area contributed by atoms with Gasteiger partial charge in [-0.1, -0.05) is 67.1 Å². The number of piperidine rings is 2. The van der Waals surface area contributed by atoms with Gasteiger partial charge < -0.3 is 35.4 Å². The molecule has 21 heteroatoms. The second-order valence-electron chi connectivity index (χ2n) is 18.9. The number of carbonyl (C=O) groups excluding carboxylic acids is 2. The zero-order valence-corrected chi connectivity index (χ0v) is 41.1. The summed E-state index contributed by atoms with van der Waals surface area (Å²) in [5, 5.41) is 41.4. The van der Waals surface area contributed by atoms with Gasteiger partial charge in [0.05, 0.1) is 45.0 Å². The Labute approximate surface area is 422 Å². The van der Waals surface area contributed by atoms with Crippen LogP contribution in [0.1, 0.15) is 59.9 Å². The number of carboxylic acid groups (broad SMARTS) is 4. The minimum Gasteiger partial charge on any atom is -0.491 e. The molecule has 0 bridgehead atoms. The molecule has 0 aliphatic carbocycles. The van der Waals surface area contributed by atoms with Gasteiger partial charge in [0, 0.05) is 70.4 Å². The number of alkyl halides is 3. The van der Waals surface area contributed by atoms with Crippen molar-refractivity contribution in [3.05, 3.63) is 88.5 Å². The van der Waals surface area contributed by atoms with Crippen molar-refractivity contribution < 1.29 is 67.1 Å². The van der Waals surface area contributed by atoms with Crippen molar-refractivity contribution in [3.8, 4) is 16.9 Å². The smallest absolute Gasteiger partial charge is 0.417 e. The van der Waals surface area contributed by atoms with Crippen LogP contribution in [0.5, 0.6) is 5.75 Å². The first-order chi connectivity index (χ1) is 34.8. The Bertz CT molecular complexity index is 2430. The van der Waals surface area contributed by atoms with Crippen LogP contribution in [-0.4, -0.2) is 196 Å². The Kier molecular flexibility index (Phi) is 20.3. The van der Waals surface area contributed by atoms with Crippen molar-refractivity contribution in [3.63, 3.8) is 0 Å². The van der Waals surface area contributed by atoms with E-state index < -0.39 is 47.6 Å². The van der Waals surface area contributed by atoms with E-state index in [4.69, 9.17) is 4.74 Å². The monoisotopic (exact) mass is 1020 g/mol. The fraction of sp³-hybridized carbons (Fsp3) is 0.500. The van der Waals surface area contributed by atoms with Crippen LogP contribution in [0.3, 0.4) is 0 Å². The molecule has 3 aliphatic heterocycles. The minimum absolute atomic E-state index is 0.0110. The summed E-state index contributed by atoms with van der Waals surface area (Å²) in [5.74, 6) is -5.16. The molecule has 0 saturated carbocycles. The third kappa shape index (κ3) is 16.8. The lowest BCUT2D eigenvalue weighted by atomic mass is 9.95. The summed E-state index contributed by atoms with van der Waals surface area (Å²) in [7, 11) is 0. The normalized spacial score (nSPS) is 18.8. The van der Waals surface area contributed by atoms with Crippen LogP contribution in [-0.2, 0) is 41.5 Å². The number of carboxylic acids is 4. The SMILES string of the molecule is Cc1c(/C=C/c2cc(OCCNC(=O)C3CCN(C(=O)CN4CCN(CC(=O)O)CCN(CC(=O)O)CN(CC(=O)O)CC4)CC3)c(CN3CCCC[C@H]3C(=O)O)cc2C(F)(F)F)cccc1-c1ccccc1. The van der Waals surface area contributed by atoms with Gasteiger partial charge in [-0.25, -0.2) is 0 Å². The molecule has 5 N–H and O–H groups in total. The average molecular weight is 1020 g/mol. The molecular weight excluding hydrogens is 956 g/mol. The molecule has 0 unspecified atom stereocenters. The number of aliphatic carboxylic acids is 4. The van der Waals surface area contributed by atoms with Crippen molar-refractivity contribution in [2.24, 2.45) is 5.92 Å². The topological polar surface area (TPSA) is 224 Å². The number of nitrogens with one attached hydrogen (secondary N) is 1. The van der Waals surface area contributed by atoms with E-state index in [9.17, 15) is 62.4 Å². The first-order valence-electron chi connectivity index (χ1n) is 24.6. The van der Waals surface area contributed by atoms with Gasteiger partial charge in [0.25, 0.3) is 0 Å². The number of carbonyl (C=O) groups is 6. The fourth-order valence-corrected chi connectivity index (χ4v) is 9.71. The van der Waals surface area contributed by atoms with Gasteiger partial charge in [-0.2, -0.15) is 13.2 Å². The predicted molar refractivity (Wildman–Crippen MR) is 264 cm³/mol. The Morgan fingerprint density at radius 3 is 1.88 bits per heavy atom. The van der Waals surface area contributed by atoms with E-state index in [1.807, 2.05) is 60.4 Å². The second kappa shape index (κ2) is 26.5. The highest BCUT2D eigenvalue weighted by Crippen LogP contribution is 2.38. The molecule has 1 atom stereocenters. The number of likely N-dealkylation sites (tertiary alicyclic amines) is 2. The highest BCUT2D eigenvalue weighted by Gasteiger charge is 2.36. The lowest BCUT2D eigenvalue weighted by Crippen LogP contribution is -2.49. The largest absolute Gasteiger partial charge is 0.491 e. The van der Waals surface area contributed by atoms with Crippen molar-refractivity contribution >= 4 is 47.8 Å². The number of rotatable bonds is 19. The number of amides is 2. The third-order valence-corrected chi connectivity index (χ3v) is 13.6. The molecule has 3 aromatic rings. The van der Waals surface area contributed by atoms with Crippen molar-refractivity contribution in [1.29, 1.82) is 0 Å². The molecule has 2 amide bonds. The maximum Gasteiger partial charge on any atom is 0.417 e. The molecule has 0 radical (unpaired) electrons. The Hall–Kier alpha value is -6.39. The van der Waals surface area contributed by atoms with Gasteiger partial charge in [-0.05, 0) is 79.1 Å². The van der Waals surface area contributed by atoms with E-state index in [1.165, 1.54) is 12.1 Å². The van der Waals surface area contributed by atoms with Gasteiger partial charge in [0.15, 0.2) is 0 Å². The van der Waals surface area contributed by atoms with Crippen molar-refractivity contribution in [2.45, 2.75) is 57.8 Å². The summed E-state index contributed by atoms with van der Waals surface area (Å²) in [6.45, 7) is 2.96. The number of halogens is 3. The molecular formula is C52H66F3N7O11. The van der Waals surface area contributed by atoms with Gasteiger partial charge in [0.1, 0.15) is 18.4 Å². The number of benzene rings is 3. The zero-order valence-electron chi connectivity index (χ0n) is 41.1. The Morgan fingerprint density at radius 1 is 0.685 bits per heavy atom. The summed E-state index contributed by atoms with van der Waals surface area (Å²) in [6, 6.07) is 16.8. The van der Waals surface area contributed by atoms with E-state index in [0.717, 1.165) is 28.3 Å². The van der Waals surface area contributed by atoms with Crippen LogP contribution in [0, 0.1) is 12.8 Å². The van der Waals surface area contributed by atoms with E-state index in [-0.39, 0.29) is 134 Å². The maximum atomic E-state index is 14.9. The zero-order chi connectivity index (χ0) is 52.7. The fourth-order valence-electron chi connectivity index (χ4n) is 9.71. The van der Waals surface area contributed by atoms with Crippen molar-refractivity contribution in [2.75, 3.05) is 105 Å². The second-order valence-corrected chi connectivity index (χ2v) is 18.9. The highest BCUT2D eigenvalue weighted by atomic mass is 19.4. The number of ether oxygens (including phenoxy) is 1. The van der Waals surface area contributed by atoms with Gasteiger partial charge in [-0.3, -0.25) is 53.3 Å². The Morgan fingerprint density at radius 2 is 1.27 bits per heavy atom.